The molecule has 0 fully saturated rings. The van der Waals surface area contributed by atoms with Crippen LogP contribution in [-0.2, 0) is 10.0 Å². The van der Waals surface area contributed by atoms with Gasteiger partial charge in [0.05, 0.1) is 28.7 Å². The first-order valence-corrected chi connectivity index (χ1v) is 8.06. The zero-order chi connectivity index (χ0) is 15.6. The van der Waals surface area contributed by atoms with Crippen LogP contribution in [0, 0.1) is 18.3 Å². The van der Waals surface area contributed by atoms with Gasteiger partial charge in [-0.2, -0.15) is 5.26 Å². The molecule has 0 saturated heterocycles. The number of nitrogens with zero attached hydrogens (tertiary/aromatic N) is 2. The zero-order valence-corrected chi connectivity index (χ0v) is 13.4. The van der Waals surface area contributed by atoms with Crippen LogP contribution in [0.5, 0.6) is 0 Å². The van der Waals surface area contributed by atoms with E-state index in [1.807, 2.05) is 6.07 Å². The summed E-state index contributed by atoms with van der Waals surface area (Å²) in [5.41, 5.74) is 6.91. The smallest absolute Gasteiger partial charge is 0.264 e. The highest BCUT2D eigenvalue weighted by Gasteiger charge is 2.19. The summed E-state index contributed by atoms with van der Waals surface area (Å²) in [5.74, 6) is 0. The fourth-order valence-corrected chi connectivity index (χ4v) is 3.33. The minimum atomic E-state index is -3.84. The molecule has 2 aromatic rings. The summed E-state index contributed by atoms with van der Waals surface area (Å²) in [4.78, 5) is 4.04. The lowest BCUT2D eigenvalue weighted by atomic mass is 10.2. The van der Waals surface area contributed by atoms with Crippen molar-refractivity contribution in [1.29, 1.82) is 5.26 Å². The molecule has 0 aliphatic rings. The summed E-state index contributed by atoms with van der Waals surface area (Å²) < 4.78 is 27.7. The van der Waals surface area contributed by atoms with Crippen molar-refractivity contribution in [3.05, 3.63) is 46.2 Å². The third-order valence-electron chi connectivity index (χ3n) is 2.72. The quantitative estimate of drug-likeness (QED) is 0.640. The lowest BCUT2D eigenvalue weighted by Gasteiger charge is -2.12. The van der Waals surface area contributed by atoms with Crippen molar-refractivity contribution >= 4 is 37.3 Å². The van der Waals surface area contributed by atoms with Crippen molar-refractivity contribution < 1.29 is 8.42 Å². The van der Waals surface area contributed by atoms with Gasteiger partial charge in [0.25, 0.3) is 10.0 Å². The zero-order valence-electron chi connectivity index (χ0n) is 11.0. The van der Waals surface area contributed by atoms with Crippen molar-refractivity contribution in [2.75, 3.05) is 10.5 Å². The number of aryl methyl sites for hydroxylation is 1. The number of nitriles is 1. The van der Waals surface area contributed by atoms with Crippen LogP contribution in [0.4, 0.5) is 11.4 Å². The van der Waals surface area contributed by atoms with E-state index < -0.39 is 10.0 Å². The summed E-state index contributed by atoms with van der Waals surface area (Å²) >= 11 is 3.21. The molecular weight excluding hydrogens is 356 g/mol. The molecule has 3 N–H and O–H groups in total. The largest absolute Gasteiger partial charge is 0.398 e. The van der Waals surface area contributed by atoms with E-state index in [0.29, 0.717) is 21.5 Å². The number of hydrogen-bond donors (Lipinski definition) is 2. The van der Waals surface area contributed by atoms with Crippen LogP contribution in [0.3, 0.4) is 0 Å². The molecule has 0 bridgehead atoms. The molecule has 108 valence electrons. The van der Waals surface area contributed by atoms with Gasteiger partial charge in [0.15, 0.2) is 0 Å². The predicted molar refractivity (Wildman–Crippen MR) is 83.1 cm³/mol. The Morgan fingerprint density at radius 1 is 1.33 bits per heavy atom. The molecule has 8 heteroatoms. The molecule has 0 aliphatic heterocycles. The number of pyridine rings is 1. The SMILES string of the molecule is Cc1nc(Br)ccc1NS(=O)(=O)c1ccc(C#N)cc1N. The van der Waals surface area contributed by atoms with Crippen molar-refractivity contribution in [1.82, 2.24) is 4.98 Å². The van der Waals surface area contributed by atoms with Gasteiger partial charge in [0.2, 0.25) is 0 Å². The van der Waals surface area contributed by atoms with Crippen LogP contribution in [0.25, 0.3) is 0 Å². The number of benzene rings is 1. The minimum absolute atomic E-state index is 0.0178. The van der Waals surface area contributed by atoms with Gasteiger partial charge in [-0.05, 0) is 53.2 Å². The number of hydrogen-bond acceptors (Lipinski definition) is 5. The van der Waals surface area contributed by atoms with Crippen molar-refractivity contribution in [3.8, 4) is 6.07 Å². The van der Waals surface area contributed by atoms with E-state index in [9.17, 15) is 8.42 Å². The van der Waals surface area contributed by atoms with E-state index in [2.05, 4.69) is 25.6 Å². The number of nitrogen functional groups attached to an aromatic ring is 1. The van der Waals surface area contributed by atoms with Crippen molar-refractivity contribution in [2.45, 2.75) is 11.8 Å². The monoisotopic (exact) mass is 366 g/mol. The van der Waals surface area contributed by atoms with Crippen LogP contribution >= 0.6 is 15.9 Å². The standard InChI is InChI=1S/C13H11BrN4O2S/c1-8-11(3-5-13(14)17-8)18-21(19,20)12-4-2-9(7-15)6-10(12)16/h2-6,18H,16H2,1H3. The van der Waals surface area contributed by atoms with Gasteiger partial charge in [-0.15, -0.1) is 0 Å². The fraction of sp³-hybridized carbons (Fsp3) is 0.0769. The number of anilines is 2. The Morgan fingerprint density at radius 3 is 2.62 bits per heavy atom. The Labute approximate surface area is 130 Å². The third-order valence-corrected chi connectivity index (χ3v) is 4.61. The normalized spacial score (nSPS) is 10.9. The van der Waals surface area contributed by atoms with Gasteiger partial charge >= 0.3 is 0 Å². The number of nitrogens with one attached hydrogen (secondary N) is 1. The van der Waals surface area contributed by atoms with E-state index >= 15 is 0 Å². The Hall–Kier alpha value is -2.11. The van der Waals surface area contributed by atoms with Gasteiger partial charge in [-0.1, -0.05) is 0 Å². The first-order chi connectivity index (χ1) is 9.83. The average molecular weight is 367 g/mol. The molecule has 1 aromatic heterocycles. The molecule has 0 spiro atoms. The van der Waals surface area contributed by atoms with Crippen LogP contribution in [0.2, 0.25) is 0 Å². The highest BCUT2D eigenvalue weighted by molar-refractivity contribution is 9.10. The number of nitrogens with two attached hydrogens (primary N) is 1. The molecular formula is C13H11BrN4O2S. The van der Waals surface area contributed by atoms with Gasteiger partial charge < -0.3 is 5.73 Å². The summed E-state index contributed by atoms with van der Waals surface area (Å²) in [6, 6.07) is 9.16. The van der Waals surface area contributed by atoms with Crippen LogP contribution < -0.4 is 10.5 Å². The molecule has 21 heavy (non-hydrogen) atoms. The molecule has 1 aromatic carbocycles. The summed E-state index contributed by atoms with van der Waals surface area (Å²) in [5, 5.41) is 8.77. The average Bonchev–Trinajstić information content (AvgIpc) is 2.41. The highest BCUT2D eigenvalue weighted by Crippen LogP contribution is 2.24. The van der Waals surface area contributed by atoms with Gasteiger partial charge in [-0.3, -0.25) is 4.72 Å². The van der Waals surface area contributed by atoms with Crippen molar-refractivity contribution in [3.63, 3.8) is 0 Å². The van der Waals surface area contributed by atoms with Crippen LogP contribution in [0.1, 0.15) is 11.3 Å². The molecule has 0 saturated carbocycles. The number of rotatable bonds is 3. The number of sulfonamides is 1. The maximum absolute atomic E-state index is 12.3. The molecule has 6 nitrogen and oxygen atoms in total. The maximum atomic E-state index is 12.3. The van der Waals surface area contributed by atoms with E-state index in [-0.39, 0.29) is 10.6 Å². The molecule has 0 aliphatic carbocycles. The second-order valence-corrected chi connectivity index (χ2v) is 6.70. The topological polar surface area (TPSA) is 109 Å². The highest BCUT2D eigenvalue weighted by atomic mass is 79.9. The number of halogens is 1. The lowest BCUT2D eigenvalue weighted by molar-refractivity contribution is 0.601. The van der Waals surface area contributed by atoms with E-state index in [4.69, 9.17) is 11.0 Å². The Balaban J connectivity index is 2.41. The Morgan fingerprint density at radius 2 is 2.05 bits per heavy atom. The van der Waals surface area contributed by atoms with Crippen LogP contribution in [0.15, 0.2) is 39.8 Å². The first kappa shape index (κ1) is 15.3. The Bertz CT molecular complexity index is 844. The number of aromatic nitrogens is 1. The van der Waals surface area contributed by atoms with Crippen LogP contribution in [-0.4, -0.2) is 13.4 Å². The van der Waals surface area contributed by atoms with Crippen molar-refractivity contribution in [2.24, 2.45) is 0 Å². The lowest BCUT2D eigenvalue weighted by Crippen LogP contribution is -2.16. The third kappa shape index (κ3) is 3.32. The summed E-state index contributed by atoms with van der Waals surface area (Å²) in [7, 11) is -3.84. The molecule has 2 rings (SSSR count). The maximum Gasteiger partial charge on any atom is 0.264 e. The summed E-state index contributed by atoms with van der Waals surface area (Å²) in [6.45, 7) is 1.69. The van der Waals surface area contributed by atoms with Gasteiger partial charge in [0.1, 0.15) is 9.50 Å². The summed E-state index contributed by atoms with van der Waals surface area (Å²) in [6.07, 6.45) is 0. The molecule has 0 atom stereocenters. The second-order valence-electron chi connectivity index (χ2n) is 4.24. The minimum Gasteiger partial charge on any atom is -0.398 e. The fourth-order valence-electron chi connectivity index (χ4n) is 1.70. The van der Waals surface area contributed by atoms with E-state index in [1.54, 1.807) is 19.1 Å². The predicted octanol–water partition coefficient (Wildman–Crippen LogP) is 2.41. The first-order valence-electron chi connectivity index (χ1n) is 5.79. The molecule has 1 heterocycles. The van der Waals surface area contributed by atoms with E-state index in [1.165, 1.54) is 18.2 Å². The Kier molecular flexibility index (Phi) is 4.16. The molecule has 0 radical (unpaired) electrons. The molecule has 0 amide bonds. The van der Waals surface area contributed by atoms with Gasteiger partial charge in [-0.25, -0.2) is 13.4 Å². The second kappa shape index (κ2) is 5.71. The van der Waals surface area contributed by atoms with E-state index in [0.717, 1.165) is 0 Å². The molecule has 0 unspecified atom stereocenters. The van der Waals surface area contributed by atoms with Gasteiger partial charge in [0, 0.05) is 0 Å².